The topological polar surface area (TPSA) is 13.0 Å². The van der Waals surface area contributed by atoms with E-state index in [0.29, 0.717) is 0 Å². The van der Waals surface area contributed by atoms with Gasteiger partial charge in [-0.1, -0.05) is 255 Å². The van der Waals surface area contributed by atoms with Gasteiger partial charge in [0, 0.05) is 68.2 Å². The molecule has 0 bridgehead atoms. The summed E-state index contributed by atoms with van der Waals surface area (Å²) in [6, 6.07) is 144. The van der Waals surface area contributed by atoms with Crippen LogP contribution in [0.3, 0.4) is 0 Å². The van der Waals surface area contributed by atoms with Crippen LogP contribution < -0.4 is 19.6 Å². The van der Waals surface area contributed by atoms with Crippen LogP contribution in [0, 0.1) is 0 Å². The lowest BCUT2D eigenvalue weighted by atomic mass is 9.97. The maximum Gasteiger partial charge on any atom is 0.0468 e. The average molecular weight is 1230 g/mol. The summed E-state index contributed by atoms with van der Waals surface area (Å²) in [7, 11) is 0. The minimum atomic E-state index is 1.09. The largest absolute Gasteiger partial charge is 0.311 e. The molecule has 0 fully saturated rings. The molecule has 16 aromatic rings. The Morgan fingerprint density at radius 2 is 0.250 bits per heavy atom. The summed E-state index contributed by atoms with van der Waals surface area (Å²) in [5.41, 5.74) is 24.9. The van der Waals surface area contributed by atoms with Gasteiger partial charge in [-0.15, -0.1) is 0 Å². The number of fused-ring (bicyclic) bond motifs is 2. The highest BCUT2D eigenvalue weighted by molar-refractivity contribution is 5.92. The van der Waals surface area contributed by atoms with Crippen molar-refractivity contribution in [1.82, 2.24) is 0 Å². The molecule has 4 heteroatoms. The Balaban J connectivity index is 0.588. The van der Waals surface area contributed by atoms with Crippen molar-refractivity contribution in [3.8, 4) is 55.6 Å². The summed E-state index contributed by atoms with van der Waals surface area (Å²) in [5, 5.41) is 4.89. The predicted octanol–water partition coefficient (Wildman–Crippen LogP) is 26.2. The summed E-state index contributed by atoms with van der Waals surface area (Å²) in [5.74, 6) is 0. The summed E-state index contributed by atoms with van der Waals surface area (Å²) in [4.78, 5) is 9.30. The van der Waals surface area contributed by atoms with E-state index in [4.69, 9.17) is 0 Å². The average Bonchev–Trinajstić information content (AvgIpc) is 0.834. The van der Waals surface area contributed by atoms with Crippen molar-refractivity contribution in [3.63, 3.8) is 0 Å². The lowest BCUT2D eigenvalue weighted by Crippen LogP contribution is -2.10. The molecule has 0 aliphatic carbocycles. The van der Waals surface area contributed by atoms with Gasteiger partial charge in [-0.05, 0) is 223 Å². The zero-order chi connectivity index (χ0) is 64.0. The van der Waals surface area contributed by atoms with Gasteiger partial charge in [-0.25, -0.2) is 0 Å². The van der Waals surface area contributed by atoms with Crippen LogP contribution in [0.4, 0.5) is 68.2 Å². The minimum absolute atomic E-state index is 1.09. The van der Waals surface area contributed by atoms with E-state index in [9.17, 15) is 0 Å². The Kier molecular flexibility index (Phi) is 16.1. The first-order chi connectivity index (χ1) is 47.6. The van der Waals surface area contributed by atoms with Crippen molar-refractivity contribution < 1.29 is 0 Å². The number of hydrogen-bond acceptors (Lipinski definition) is 4. The normalized spacial score (nSPS) is 11.1. The number of rotatable bonds is 17. The lowest BCUT2D eigenvalue weighted by Gasteiger charge is -2.26. The Morgan fingerprint density at radius 1 is 0.104 bits per heavy atom. The van der Waals surface area contributed by atoms with Crippen LogP contribution in [-0.2, 0) is 0 Å². The zero-order valence-corrected chi connectivity index (χ0v) is 52.9. The SMILES string of the molecule is c1ccc(N(c2ccc(-c3ccc(-c4ccc(-c5ccc(N(c6ccccc6)c6ccc(-c7ccc(N(c8ccccc8)c8ccc9ccccc9c8)cc7)cc6)cc5)cc4)cc3)cc2)c2ccc(-c3ccc(N(c4ccccc4)c4ccc5ccccc5c4)cc3)cc2)cc1. The quantitative estimate of drug-likeness (QED) is 0.0901. The van der Waals surface area contributed by atoms with Crippen LogP contribution in [0.5, 0.6) is 0 Å². The molecule has 16 aromatic carbocycles. The molecule has 0 aliphatic heterocycles. The standard InChI is InChI=1S/C92H66N4/c1-5-21-81(22-6-1)93(87-55-41-75(42-56-87)77-45-59-89(60-46-77)95(83-25-9-3-10-26-83)91-63-49-67-17-13-15-19-79(67)65-91)85-51-37-73(38-52-85)71-33-29-69(30-34-71)70-31-35-72(36-32-70)74-39-53-86(54-40-74)94(82-23-7-2-8-24-82)88-57-43-76(44-58-88)78-47-61-90(62-48-78)96(84-27-11-4-12-28-84)92-64-50-68-18-14-16-20-80(68)66-92/h1-66H. The zero-order valence-electron chi connectivity index (χ0n) is 52.9. The van der Waals surface area contributed by atoms with E-state index in [-0.39, 0.29) is 0 Å². The molecule has 4 nitrogen and oxygen atoms in total. The third-order valence-electron chi connectivity index (χ3n) is 18.2. The molecule has 16 rings (SSSR count). The Morgan fingerprint density at radius 3 is 0.458 bits per heavy atom. The number of para-hydroxylation sites is 4. The molecule has 0 saturated carbocycles. The van der Waals surface area contributed by atoms with Crippen molar-refractivity contribution >= 4 is 89.8 Å². The smallest absolute Gasteiger partial charge is 0.0468 e. The van der Waals surface area contributed by atoms with E-state index in [1.807, 2.05) is 0 Å². The first-order valence-electron chi connectivity index (χ1n) is 32.8. The van der Waals surface area contributed by atoms with Gasteiger partial charge in [0.1, 0.15) is 0 Å². The molecule has 0 atom stereocenters. The second kappa shape index (κ2) is 26.5. The third kappa shape index (κ3) is 12.2. The van der Waals surface area contributed by atoms with Gasteiger partial charge in [-0.2, -0.15) is 0 Å². The Bertz CT molecular complexity index is 4920. The van der Waals surface area contributed by atoms with Crippen molar-refractivity contribution in [2.75, 3.05) is 19.6 Å². The number of nitrogens with zero attached hydrogens (tertiary/aromatic N) is 4. The second-order valence-corrected chi connectivity index (χ2v) is 24.2. The maximum absolute atomic E-state index is 2.33. The number of anilines is 12. The van der Waals surface area contributed by atoms with E-state index in [0.717, 1.165) is 102 Å². The number of benzene rings is 16. The molecule has 0 amide bonds. The predicted molar refractivity (Wildman–Crippen MR) is 407 cm³/mol. The lowest BCUT2D eigenvalue weighted by molar-refractivity contribution is 1.28. The van der Waals surface area contributed by atoms with Gasteiger partial charge in [0.25, 0.3) is 0 Å². The van der Waals surface area contributed by atoms with Crippen molar-refractivity contribution in [2.45, 2.75) is 0 Å². The molecule has 0 N–H and O–H groups in total. The van der Waals surface area contributed by atoms with Crippen LogP contribution >= 0.6 is 0 Å². The summed E-state index contributed by atoms with van der Waals surface area (Å²) < 4.78 is 0. The first-order valence-corrected chi connectivity index (χ1v) is 32.8. The van der Waals surface area contributed by atoms with Gasteiger partial charge < -0.3 is 19.6 Å². The molecule has 0 aliphatic rings. The van der Waals surface area contributed by atoms with Gasteiger partial charge in [0.15, 0.2) is 0 Å². The fourth-order valence-electron chi connectivity index (χ4n) is 13.3. The van der Waals surface area contributed by atoms with E-state index < -0.39 is 0 Å². The molecule has 96 heavy (non-hydrogen) atoms. The number of hydrogen-bond donors (Lipinski definition) is 0. The molecule has 0 unspecified atom stereocenters. The molecular weight excluding hydrogens is 1160 g/mol. The molecule has 0 heterocycles. The van der Waals surface area contributed by atoms with Crippen LogP contribution in [0.2, 0.25) is 0 Å². The summed E-state index contributed by atoms with van der Waals surface area (Å²) in [6.07, 6.45) is 0. The van der Waals surface area contributed by atoms with Crippen LogP contribution in [-0.4, -0.2) is 0 Å². The summed E-state index contributed by atoms with van der Waals surface area (Å²) in [6.45, 7) is 0. The highest BCUT2D eigenvalue weighted by Crippen LogP contribution is 2.43. The molecule has 0 spiro atoms. The Hall–Kier alpha value is -12.8. The van der Waals surface area contributed by atoms with Crippen LogP contribution in [0.15, 0.2) is 400 Å². The fraction of sp³-hybridized carbons (Fsp3) is 0. The van der Waals surface area contributed by atoms with Crippen molar-refractivity contribution in [2.24, 2.45) is 0 Å². The molecule has 0 saturated heterocycles. The summed E-state index contributed by atoms with van der Waals surface area (Å²) >= 11 is 0. The van der Waals surface area contributed by atoms with E-state index in [1.54, 1.807) is 0 Å². The Labute approximate surface area is 562 Å². The maximum atomic E-state index is 2.33. The third-order valence-corrected chi connectivity index (χ3v) is 18.2. The van der Waals surface area contributed by atoms with Gasteiger partial charge >= 0.3 is 0 Å². The van der Waals surface area contributed by atoms with E-state index >= 15 is 0 Å². The molecule has 0 radical (unpaired) electrons. The van der Waals surface area contributed by atoms with Crippen molar-refractivity contribution in [1.29, 1.82) is 0 Å². The van der Waals surface area contributed by atoms with Crippen molar-refractivity contribution in [3.05, 3.63) is 400 Å². The monoisotopic (exact) mass is 1230 g/mol. The van der Waals surface area contributed by atoms with Gasteiger partial charge in [-0.3, -0.25) is 0 Å². The highest BCUT2D eigenvalue weighted by Gasteiger charge is 2.19. The van der Waals surface area contributed by atoms with Gasteiger partial charge in [0.2, 0.25) is 0 Å². The van der Waals surface area contributed by atoms with E-state index in [2.05, 4.69) is 420 Å². The molecule has 0 aromatic heterocycles. The van der Waals surface area contributed by atoms with Gasteiger partial charge in [0.05, 0.1) is 0 Å². The molecule has 454 valence electrons. The fourth-order valence-corrected chi connectivity index (χ4v) is 13.3. The van der Waals surface area contributed by atoms with Crippen LogP contribution in [0.25, 0.3) is 77.2 Å². The first kappa shape index (κ1) is 58.3. The highest BCUT2D eigenvalue weighted by atomic mass is 15.2. The minimum Gasteiger partial charge on any atom is -0.311 e. The second-order valence-electron chi connectivity index (χ2n) is 24.2. The van der Waals surface area contributed by atoms with E-state index in [1.165, 1.54) is 43.8 Å². The molecular formula is C92H66N4. The van der Waals surface area contributed by atoms with Crippen LogP contribution in [0.1, 0.15) is 0 Å².